The highest BCUT2D eigenvalue weighted by Gasteiger charge is 2.09. The highest BCUT2D eigenvalue weighted by molar-refractivity contribution is 14.0. The molecule has 3 rings (SSSR count). The number of hydrogen-bond acceptors (Lipinski definition) is 4. The third-order valence-corrected chi connectivity index (χ3v) is 4.37. The van der Waals surface area contributed by atoms with E-state index in [9.17, 15) is 0 Å². The number of furan rings is 1. The second kappa shape index (κ2) is 11.5. The first-order valence-electron chi connectivity index (χ1n) is 9.22. The van der Waals surface area contributed by atoms with E-state index in [2.05, 4.69) is 40.1 Å². The van der Waals surface area contributed by atoms with Gasteiger partial charge in [-0.2, -0.15) is 0 Å². The Labute approximate surface area is 182 Å². The van der Waals surface area contributed by atoms with E-state index in [-0.39, 0.29) is 24.0 Å². The van der Waals surface area contributed by atoms with Gasteiger partial charge in [-0.15, -0.1) is 24.0 Å². The van der Waals surface area contributed by atoms with Crippen LogP contribution in [-0.2, 0) is 19.4 Å². The standard InChI is InChI=1S/C21H26N4O2.HI/c1-16-20(17(2)27-25-16)15-24-21(23-13-11-19-9-6-14-26-19)22-12-10-18-7-4-3-5-8-18;/h3-9,14H,10-13,15H2,1-2H3,(H2,22,23,24);1H. The van der Waals surface area contributed by atoms with E-state index in [0.29, 0.717) is 6.54 Å². The van der Waals surface area contributed by atoms with E-state index in [1.54, 1.807) is 6.26 Å². The van der Waals surface area contributed by atoms with Crippen LogP contribution in [0.4, 0.5) is 0 Å². The van der Waals surface area contributed by atoms with Crippen molar-refractivity contribution >= 4 is 29.9 Å². The molecule has 7 heteroatoms. The molecule has 0 amide bonds. The van der Waals surface area contributed by atoms with Crippen molar-refractivity contribution in [2.24, 2.45) is 4.99 Å². The number of nitrogens with zero attached hydrogens (tertiary/aromatic N) is 2. The molecular weight excluding hydrogens is 467 g/mol. The van der Waals surface area contributed by atoms with Crippen molar-refractivity contribution in [3.8, 4) is 0 Å². The molecule has 3 aromatic rings. The molecule has 0 aliphatic rings. The van der Waals surface area contributed by atoms with Gasteiger partial charge in [0.1, 0.15) is 11.5 Å². The third-order valence-electron chi connectivity index (χ3n) is 4.37. The second-order valence-electron chi connectivity index (χ2n) is 6.39. The summed E-state index contributed by atoms with van der Waals surface area (Å²) in [5.41, 5.74) is 3.21. The zero-order chi connectivity index (χ0) is 18.9. The van der Waals surface area contributed by atoms with Crippen LogP contribution in [-0.4, -0.2) is 24.2 Å². The van der Waals surface area contributed by atoms with Crippen LogP contribution in [0.3, 0.4) is 0 Å². The van der Waals surface area contributed by atoms with Crippen molar-refractivity contribution in [2.75, 3.05) is 13.1 Å². The molecule has 0 unspecified atom stereocenters. The Morgan fingerprint density at radius 3 is 2.39 bits per heavy atom. The van der Waals surface area contributed by atoms with Crippen LogP contribution in [0.25, 0.3) is 0 Å². The lowest BCUT2D eigenvalue weighted by atomic mass is 10.1. The molecular formula is C21H27IN4O2. The summed E-state index contributed by atoms with van der Waals surface area (Å²) in [7, 11) is 0. The molecule has 150 valence electrons. The molecule has 0 radical (unpaired) electrons. The molecule has 2 N–H and O–H groups in total. The van der Waals surface area contributed by atoms with Gasteiger partial charge in [0.15, 0.2) is 5.96 Å². The number of aromatic nitrogens is 1. The van der Waals surface area contributed by atoms with Crippen LogP contribution in [0.1, 0.15) is 28.3 Å². The molecule has 0 aliphatic heterocycles. The molecule has 0 saturated carbocycles. The average molecular weight is 494 g/mol. The minimum Gasteiger partial charge on any atom is -0.469 e. The van der Waals surface area contributed by atoms with E-state index < -0.39 is 0 Å². The predicted molar refractivity (Wildman–Crippen MR) is 121 cm³/mol. The Balaban J connectivity index is 0.00000280. The molecule has 0 saturated heterocycles. The van der Waals surface area contributed by atoms with E-state index in [1.165, 1.54) is 5.56 Å². The van der Waals surface area contributed by atoms with E-state index >= 15 is 0 Å². The molecule has 0 aliphatic carbocycles. The molecule has 0 fully saturated rings. The normalized spacial score (nSPS) is 11.1. The molecule has 0 atom stereocenters. The van der Waals surface area contributed by atoms with Crippen LogP contribution in [0.5, 0.6) is 0 Å². The molecule has 0 bridgehead atoms. The monoisotopic (exact) mass is 494 g/mol. The van der Waals surface area contributed by atoms with Gasteiger partial charge in [-0.1, -0.05) is 35.5 Å². The maximum atomic E-state index is 5.38. The maximum Gasteiger partial charge on any atom is 0.191 e. The molecule has 2 heterocycles. The summed E-state index contributed by atoms with van der Waals surface area (Å²) in [6, 6.07) is 14.3. The Bertz CT molecular complexity index is 825. The third kappa shape index (κ3) is 6.70. The SMILES string of the molecule is Cc1noc(C)c1CN=C(NCCc1ccccc1)NCCc1ccco1.I. The summed E-state index contributed by atoms with van der Waals surface area (Å²) in [4.78, 5) is 4.70. The quantitative estimate of drug-likeness (QED) is 0.281. The molecule has 28 heavy (non-hydrogen) atoms. The number of aliphatic imine (C=N–C) groups is 1. The lowest BCUT2D eigenvalue weighted by molar-refractivity contribution is 0.392. The zero-order valence-corrected chi connectivity index (χ0v) is 18.6. The van der Waals surface area contributed by atoms with Crippen molar-refractivity contribution in [1.29, 1.82) is 0 Å². The van der Waals surface area contributed by atoms with Crippen LogP contribution >= 0.6 is 24.0 Å². The topological polar surface area (TPSA) is 75.6 Å². The molecule has 0 spiro atoms. The van der Waals surface area contributed by atoms with Crippen LogP contribution in [0, 0.1) is 13.8 Å². The first-order chi connectivity index (χ1) is 13.2. The van der Waals surface area contributed by atoms with Crippen molar-refractivity contribution in [2.45, 2.75) is 33.2 Å². The Hall–Kier alpha value is -2.29. The van der Waals surface area contributed by atoms with E-state index in [4.69, 9.17) is 13.9 Å². The molecule has 1 aromatic carbocycles. The number of guanidine groups is 1. The van der Waals surface area contributed by atoms with Crippen LogP contribution in [0.15, 0.2) is 62.7 Å². The van der Waals surface area contributed by atoms with Crippen molar-refractivity contribution < 1.29 is 8.94 Å². The summed E-state index contributed by atoms with van der Waals surface area (Å²) < 4.78 is 10.6. The minimum atomic E-state index is 0. The van der Waals surface area contributed by atoms with Gasteiger partial charge in [-0.25, -0.2) is 4.99 Å². The van der Waals surface area contributed by atoms with Crippen LogP contribution < -0.4 is 10.6 Å². The first kappa shape index (κ1) is 22.0. The summed E-state index contributed by atoms with van der Waals surface area (Å²) in [5.74, 6) is 2.55. The minimum absolute atomic E-state index is 0. The van der Waals surface area contributed by atoms with Crippen molar-refractivity contribution in [3.63, 3.8) is 0 Å². The first-order valence-corrected chi connectivity index (χ1v) is 9.22. The lowest BCUT2D eigenvalue weighted by Crippen LogP contribution is -2.39. The van der Waals surface area contributed by atoms with E-state index in [0.717, 1.165) is 54.7 Å². The van der Waals surface area contributed by atoms with Crippen LogP contribution in [0.2, 0.25) is 0 Å². The Morgan fingerprint density at radius 2 is 1.75 bits per heavy atom. The lowest BCUT2D eigenvalue weighted by Gasteiger charge is -2.12. The van der Waals surface area contributed by atoms with E-state index in [1.807, 2.05) is 32.0 Å². The summed E-state index contributed by atoms with van der Waals surface area (Å²) in [6.07, 6.45) is 3.43. The van der Waals surface area contributed by atoms with Gasteiger partial charge in [-0.3, -0.25) is 0 Å². The number of rotatable bonds is 8. The summed E-state index contributed by atoms with van der Waals surface area (Å²) in [5, 5.41) is 10.8. The van der Waals surface area contributed by atoms with Crippen molar-refractivity contribution in [3.05, 3.63) is 77.1 Å². The smallest absolute Gasteiger partial charge is 0.191 e. The largest absolute Gasteiger partial charge is 0.469 e. The summed E-state index contributed by atoms with van der Waals surface area (Å²) in [6.45, 7) is 5.93. The van der Waals surface area contributed by atoms with Gasteiger partial charge in [0.2, 0.25) is 0 Å². The predicted octanol–water partition coefficient (Wildman–Crippen LogP) is 4.02. The number of hydrogen-bond donors (Lipinski definition) is 2. The van der Waals surface area contributed by atoms with Gasteiger partial charge in [0.25, 0.3) is 0 Å². The molecule has 6 nitrogen and oxygen atoms in total. The number of aryl methyl sites for hydroxylation is 2. The Kier molecular flexibility index (Phi) is 9.06. The fraction of sp³-hybridized carbons (Fsp3) is 0.333. The van der Waals surface area contributed by atoms with Crippen molar-refractivity contribution in [1.82, 2.24) is 15.8 Å². The maximum absolute atomic E-state index is 5.38. The fourth-order valence-electron chi connectivity index (χ4n) is 2.79. The zero-order valence-electron chi connectivity index (χ0n) is 16.3. The second-order valence-corrected chi connectivity index (χ2v) is 6.39. The number of benzene rings is 1. The highest BCUT2D eigenvalue weighted by Crippen LogP contribution is 2.13. The Morgan fingerprint density at radius 1 is 1.00 bits per heavy atom. The van der Waals surface area contributed by atoms with Gasteiger partial charge in [-0.05, 0) is 38.0 Å². The van der Waals surface area contributed by atoms with Gasteiger partial charge >= 0.3 is 0 Å². The average Bonchev–Trinajstić information content (AvgIpc) is 3.31. The molecule has 2 aromatic heterocycles. The highest BCUT2D eigenvalue weighted by atomic mass is 127. The number of nitrogens with one attached hydrogen (secondary N) is 2. The van der Waals surface area contributed by atoms with Gasteiger partial charge < -0.3 is 19.6 Å². The van der Waals surface area contributed by atoms with Gasteiger partial charge in [0.05, 0.1) is 18.5 Å². The number of halogens is 1. The summed E-state index contributed by atoms with van der Waals surface area (Å²) >= 11 is 0. The fourth-order valence-corrected chi connectivity index (χ4v) is 2.79. The van der Waals surface area contributed by atoms with Gasteiger partial charge in [0, 0.05) is 25.1 Å².